The van der Waals surface area contributed by atoms with Crippen LogP contribution in [-0.2, 0) is 24.3 Å². The number of hydrogen-bond donors (Lipinski definition) is 1. The van der Waals surface area contributed by atoms with Crippen LogP contribution in [-0.4, -0.2) is 58.1 Å². The standard InChI is InChI=1S/C11H20N2O5S/c1-17-11(14)9-3-2-4-10(9)19(15,16)12-13-5-7-18-8-6-13/h9-10,12H,2-8H2,1H3. The monoisotopic (exact) mass is 292 g/mol. The molecule has 1 aliphatic carbocycles. The molecule has 2 fully saturated rings. The molecule has 1 saturated carbocycles. The third kappa shape index (κ3) is 3.44. The first-order chi connectivity index (χ1) is 9.04. The summed E-state index contributed by atoms with van der Waals surface area (Å²) in [6, 6.07) is 0. The second-order valence-electron chi connectivity index (χ2n) is 4.83. The van der Waals surface area contributed by atoms with Crippen LogP contribution in [0.4, 0.5) is 0 Å². The van der Waals surface area contributed by atoms with Crippen LogP contribution < -0.4 is 4.83 Å². The van der Waals surface area contributed by atoms with Crippen LogP contribution in [0.3, 0.4) is 0 Å². The van der Waals surface area contributed by atoms with Crippen molar-refractivity contribution in [3.63, 3.8) is 0 Å². The molecular formula is C11H20N2O5S. The minimum Gasteiger partial charge on any atom is -0.469 e. The number of hydrogen-bond acceptors (Lipinski definition) is 6. The lowest BCUT2D eigenvalue weighted by Crippen LogP contribution is -2.52. The van der Waals surface area contributed by atoms with Crippen molar-refractivity contribution < 1.29 is 22.7 Å². The number of carbonyl (C=O) groups excluding carboxylic acids is 1. The molecule has 1 N–H and O–H groups in total. The number of nitrogens with zero attached hydrogens (tertiary/aromatic N) is 1. The molecule has 2 unspecified atom stereocenters. The van der Waals surface area contributed by atoms with Crippen LogP contribution in [0, 0.1) is 5.92 Å². The van der Waals surface area contributed by atoms with E-state index in [1.165, 1.54) is 7.11 Å². The van der Waals surface area contributed by atoms with E-state index in [2.05, 4.69) is 9.57 Å². The second kappa shape index (κ2) is 6.17. The van der Waals surface area contributed by atoms with Gasteiger partial charge in [-0.15, -0.1) is 4.83 Å². The number of esters is 1. The van der Waals surface area contributed by atoms with Gasteiger partial charge in [-0.05, 0) is 12.8 Å². The van der Waals surface area contributed by atoms with Crippen LogP contribution in [0.25, 0.3) is 0 Å². The molecule has 8 heteroatoms. The van der Waals surface area contributed by atoms with Crippen LogP contribution in [0.15, 0.2) is 0 Å². The van der Waals surface area contributed by atoms with Crippen molar-refractivity contribution in [3.05, 3.63) is 0 Å². The van der Waals surface area contributed by atoms with Gasteiger partial charge in [-0.2, -0.15) is 0 Å². The SMILES string of the molecule is COC(=O)C1CCCC1S(=O)(=O)NN1CCOCC1. The molecule has 0 aromatic heterocycles. The van der Waals surface area contributed by atoms with Gasteiger partial charge in [0.15, 0.2) is 0 Å². The van der Waals surface area contributed by atoms with E-state index in [1.54, 1.807) is 5.01 Å². The number of hydrazine groups is 1. The summed E-state index contributed by atoms with van der Waals surface area (Å²) in [5, 5.41) is 0.939. The summed E-state index contributed by atoms with van der Waals surface area (Å²) in [7, 11) is -2.25. The summed E-state index contributed by atoms with van der Waals surface area (Å²) in [5.74, 6) is -0.988. The number of sulfonamides is 1. The van der Waals surface area contributed by atoms with Gasteiger partial charge in [0.25, 0.3) is 0 Å². The Labute approximate surface area is 113 Å². The van der Waals surface area contributed by atoms with Gasteiger partial charge in [-0.1, -0.05) is 6.42 Å². The number of carbonyl (C=O) groups is 1. The summed E-state index contributed by atoms with van der Waals surface area (Å²) in [4.78, 5) is 14.2. The first-order valence-corrected chi connectivity index (χ1v) is 8.01. The third-order valence-corrected chi connectivity index (χ3v) is 5.50. The van der Waals surface area contributed by atoms with Gasteiger partial charge in [-0.3, -0.25) is 4.79 Å². The van der Waals surface area contributed by atoms with Crippen LogP contribution in [0.1, 0.15) is 19.3 Å². The second-order valence-corrected chi connectivity index (χ2v) is 6.71. The fraction of sp³-hybridized carbons (Fsp3) is 0.909. The maximum absolute atomic E-state index is 12.3. The highest BCUT2D eigenvalue weighted by Gasteiger charge is 2.42. The molecule has 1 saturated heterocycles. The van der Waals surface area contributed by atoms with Crippen molar-refractivity contribution in [3.8, 4) is 0 Å². The summed E-state index contributed by atoms with van der Waals surface area (Å²) >= 11 is 0. The quantitative estimate of drug-likeness (QED) is 0.703. The molecular weight excluding hydrogens is 272 g/mol. The van der Waals surface area contributed by atoms with Crippen LogP contribution >= 0.6 is 0 Å². The van der Waals surface area contributed by atoms with Gasteiger partial charge in [0.1, 0.15) is 0 Å². The summed E-state index contributed by atoms with van der Waals surface area (Å²) < 4.78 is 34.5. The van der Waals surface area contributed by atoms with E-state index in [0.29, 0.717) is 39.1 Å². The van der Waals surface area contributed by atoms with E-state index in [4.69, 9.17) is 4.74 Å². The molecule has 2 aliphatic rings. The van der Waals surface area contributed by atoms with Gasteiger partial charge >= 0.3 is 5.97 Å². The van der Waals surface area contributed by atoms with Crippen LogP contribution in [0.2, 0.25) is 0 Å². The molecule has 110 valence electrons. The highest BCUT2D eigenvalue weighted by Crippen LogP contribution is 2.31. The Morgan fingerprint density at radius 1 is 1.32 bits per heavy atom. The minimum atomic E-state index is -3.54. The van der Waals surface area contributed by atoms with E-state index >= 15 is 0 Å². The fourth-order valence-electron chi connectivity index (χ4n) is 2.62. The fourth-order valence-corrected chi connectivity index (χ4v) is 4.46. The Hall–Kier alpha value is -0.700. The molecule has 2 rings (SSSR count). The lowest BCUT2D eigenvalue weighted by Gasteiger charge is -2.29. The van der Waals surface area contributed by atoms with Crippen molar-refractivity contribution in [2.45, 2.75) is 24.5 Å². The van der Waals surface area contributed by atoms with Crippen molar-refractivity contribution in [2.75, 3.05) is 33.4 Å². The molecule has 0 bridgehead atoms. The molecule has 19 heavy (non-hydrogen) atoms. The number of ether oxygens (including phenoxy) is 2. The number of morpholine rings is 1. The van der Waals surface area contributed by atoms with E-state index in [0.717, 1.165) is 6.42 Å². The van der Waals surface area contributed by atoms with Crippen molar-refractivity contribution in [2.24, 2.45) is 5.92 Å². The average Bonchev–Trinajstić information content (AvgIpc) is 2.88. The minimum absolute atomic E-state index is 0.435. The average molecular weight is 292 g/mol. The van der Waals surface area contributed by atoms with Crippen LogP contribution in [0.5, 0.6) is 0 Å². The Kier molecular flexibility index (Phi) is 4.77. The first kappa shape index (κ1) is 14.7. The molecule has 1 heterocycles. The lowest BCUT2D eigenvalue weighted by molar-refractivity contribution is -0.145. The van der Waals surface area contributed by atoms with E-state index in [9.17, 15) is 13.2 Å². The third-order valence-electron chi connectivity index (χ3n) is 3.62. The van der Waals surface area contributed by atoms with Crippen molar-refractivity contribution >= 4 is 16.0 Å². The van der Waals surface area contributed by atoms with E-state index < -0.39 is 27.2 Å². The predicted molar refractivity (Wildman–Crippen MR) is 67.6 cm³/mol. The lowest BCUT2D eigenvalue weighted by atomic mass is 10.1. The maximum Gasteiger partial charge on any atom is 0.310 e. The van der Waals surface area contributed by atoms with Gasteiger partial charge < -0.3 is 9.47 Å². The molecule has 2 atom stereocenters. The number of rotatable bonds is 4. The predicted octanol–water partition coefficient (Wildman–Crippen LogP) is -0.505. The summed E-state index contributed by atoms with van der Waals surface area (Å²) in [6.45, 7) is 2.06. The normalized spacial score (nSPS) is 29.3. The van der Waals surface area contributed by atoms with Gasteiger partial charge in [0.2, 0.25) is 10.0 Å². The highest BCUT2D eigenvalue weighted by atomic mass is 32.2. The first-order valence-electron chi connectivity index (χ1n) is 6.46. The zero-order valence-corrected chi connectivity index (χ0v) is 11.8. The van der Waals surface area contributed by atoms with Crippen molar-refractivity contribution in [1.82, 2.24) is 9.84 Å². The summed E-state index contributed by atoms with van der Waals surface area (Å²) in [6.07, 6.45) is 1.80. The molecule has 0 aromatic carbocycles. The van der Waals surface area contributed by atoms with Gasteiger partial charge in [0, 0.05) is 13.1 Å². The molecule has 0 amide bonds. The van der Waals surface area contributed by atoms with E-state index in [1.807, 2.05) is 0 Å². The smallest absolute Gasteiger partial charge is 0.310 e. The number of nitrogens with one attached hydrogen (secondary N) is 1. The molecule has 0 aromatic rings. The molecule has 7 nitrogen and oxygen atoms in total. The van der Waals surface area contributed by atoms with Gasteiger partial charge in [-0.25, -0.2) is 13.4 Å². The van der Waals surface area contributed by atoms with Gasteiger partial charge in [0.05, 0.1) is 31.5 Å². The highest BCUT2D eigenvalue weighted by molar-refractivity contribution is 7.90. The molecule has 0 radical (unpaired) electrons. The molecule has 0 spiro atoms. The largest absolute Gasteiger partial charge is 0.469 e. The van der Waals surface area contributed by atoms with Crippen molar-refractivity contribution in [1.29, 1.82) is 0 Å². The topological polar surface area (TPSA) is 84.9 Å². The number of methoxy groups -OCH3 is 1. The maximum atomic E-state index is 12.3. The zero-order chi connectivity index (χ0) is 13.9. The Bertz CT molecular complexity index is 419. The Balaban J connectivity index is 2.03. The Morgan fingerprint density at radius 2 is 2.00 bits per heavy atom. The molecule has 1 aliphatic heterocycles. The Morgan fingerprint density at radius 3 is 2.63 bits per heavy atom. The van der Waals surface area contributed by atoms with E-state index in [-0.39, 0.29) is 0 Å². The zero-order valence-electron chi connectivity index (χ0n) is 11.0. The summed E-state index contributed by atoms with van der Waals surface area (Å²) in [5.41, 5.74) is 0.